The van der Waals surface area contributed by atoms with E-state index >= 15 is 0 Å². The first-order valence-electron chi connectivity index (χ1n) is 6.39. The van der Waals surface area contributed by atoms with E-state index in [-0.39, 0.29) is 0 Å². The van der Waals surface area contributed by atoms with Gasteiger partial charge in [0.2, 0.25) is 0 Å². The molecule has 0 aromatic rings. The predicted octanol–water partition coefficient (Wildman–Crippen LogP) is 5.61. The van der Waals surface area contributed by atoms with Crippen LogP contribution in [0.25, 0.3) is 0 Å². The van der Waals surface area contributed by atoms with Crippen molar-refractivity contribution in [2.45, 2.75) is 0 Å². The van der Waals surface area contributed by atoms with Crippen LogP contribution in [0.3, 0.4) is 0 Å². The quantitative estimate of drug-likeness (QED) is 0.473. The number of hydrogen-bond acceptors (Lipinski definition) is 0. The molecule has 20 heavy (non-hydrogen) atoms. The van der Waals surface area contributed by atoms with Crippen molar-refractivity contribution in [3.63, 3.8) is 0 Å². The van der Waals surface area contributed by atoms with Gasteiger partial charge in [-0.05, 0) is 6.08 Å². The summed E-state index contributed by atoms with van der Waals surface area (Å²) in [5.74, 6) is 0. The molecule has 0 aromatic carbocycles. The Balaban J connectivity index is 3.86. The summed E-state index contributed by atoms with van der Waals surface area (Å²) in [5, 5.41) is 0. The molecule has 0 aromatic heterocycles. The Kier molecular flexibility index (Phi) is 14.3. The standard InChI is InChI=1S/C20H21/c1-3-5-7-9-11-13-15-17-19-20-18-16-14-12-10-8-6-4-2/h3-7,9-20H,1-2H2/b7-5+,8-6?,11-9+,12-10+,15-13+,16-14+,19-17+,20-18+. The Hall–Kier alpha value is -2.60. The maximum atomic E-state index is 3.59. The lowest BCUT2D eigenvalue weighted by Gasteiger charge is -1.75. The van der Waals surface area contributed by atoms with E-state index in [0.717, 1.165) is 0 Å². The minimum atomic E-state index is 1.69. The normalized spacial score (nSPS) is 13.8. The Bertz CT molecular complexity index is 426. The van der Waals surface area contributed by atoms with E-state index in [1.807, 2.05) is 85.1 Å². The van der Waals surface area contributed by atoms with Gasteiger partial charge in [-0.1, -0.05) is 116 Å². The molecule has 0 unspecified atom stereocenters. The van der Waals surface area contributed by atoms with Gasteiger partial charge < -0.3 is 0 Å². The molecule has 0 aliphatic carbocycles. The summed E-state index contributed by atoms with van der Waals surface area (Å²) in [4.78, 5) is 0. The fourth-order valence-electron chi connectivity index (χ4n) is 1.02. The topological polar surface area (TPSA) is 0 Å². The summed E-state index contributed by atoms with van der Waals surface area (Å²) < 4.78 is 0. The second-order valence-corrected chi connectivity index (χ2v) is 3.47. The van der Waals surface area contributed by atoms with Crippen LogP contribution >= 0.6 is 0 Å². The van der Waals surface area contributed by atoms with Crippen LogP contribution in [0.4, 0.5) is 0 Å². The second-order valence-electron chi connectivity index (χ2n) is 3.47. The molecule has 0 rings (SSSR count). The maximum Gasteiger partial charge on any atom is -0.0184 e. The molecule has 0 N–H and O–H groups in total. The van der Waals surface area contributed by atoms with Crippen LogP contribution in [0, 0.1) is 6.08 Å². The summed E-state index contributed by atoms with van der Waals surface area (Å²) in [5.41, 5.74) is 0. The zero-order chi connectivity index (χ0) is 14.7. The lowest BCUT2D eigenvalue weighted by Crippen LogP contribution is -1.54. The number of allylic oxidation sites excluding steroid dienone is 18. The molecule has 0 bridgehead atoms. The fourth-order valence-corrected chi connectivity index (χ4v) is 1.02. The monoisotopic (exact) mass is 261 g/mol. The average Bonchev–Trinajstić information content (AvgIpc) is 2.47. The van der Waals surface area contributed by atoms with Gasteiger partial charge in [0.1, 0.15) is 0 Å². The highest BCUT2D eigenvalue weighted by Crippen LogP contribution is 1.86. The molecule has 0 saturated heterocycles. The molecule has 0 amide bonds. The zero-order valence-corrected chi connectivity index (χ0v) is 11.7. The Morgan fingerprint density at radius 2 is 0.850 bits per heavy atom. The van der Waals surface area contributed by atoms with Gasteiger partial charge in [-0.3, -0.25) is 0 Å². The minimum absolute atomic E-state index is 1.69. The molecule has 0 nitrogen and oxygen atoms in total. The van der Waals surface area contributed by atoms with Gasteiger partial charge in [-0.25, -0.2) is 0 Å². The third-order valence-electron chi connectivity index (χ3n) is 1.88. The van der Waals surface area contributed by atoms with Gasteiger partial charge in [-0.15, -0.1) is 0 Å². The van der Waals surface area contributed by atoms with E-state index in [1.54, 1.807) is 18.2 Å². The number of hydrogen-bond donors (Lipinski definition) is 0. The van der Waals surface area contributed by atoms with Gasteiger partial charge in [0.05, 0.1) is 0 Å². The van der Waals surface area contributed by atoms with E-state index in [4.69, 9.17) is 0 Å². The summed E-state index contributed by atoms with van der Waals surface area (Å²) in [6.07, 6.45) is 35.3. The van der Waals surface area contributed by atoms with Crippen LogP contribution in [0.2, 0.25) is 0 Å². The largest absolute Gasteiger partial charge is 0.0991 e. The summed E-state index contributed by atoms with van der Waals surface area (Å²) in [7, 11) is 0. The SMILES string of the molecule is C=C/C=[C]/C=C/C=C/C=C/C=C/C=C/C=C/C=C/C=C. The van der Waals surface area contributed by atoms with Crippen molar-refractivity contribution >= 4 is 0 Å². The molecular weight excluding hydrogens is 240 g/mol. The van der Waals surface area contributed by atoms with Crippen molar-refractivity contribution < 1.29 is 0 Å². The third kappa shape index (κ3) is 15.4. The first-order valence-corrected chi connectivity index (χ1v) is 6.39. The van der Waals surface area contributed by atoms with Crippen LogP contribution < -0.4 is 0 Å². The molecule has 101 valence electrons. The van der Waals surface area contributed by atoms with Crippen molar-refractivity contribution in [1.29, 1.82) is 0 Å². The molecule has 0 heteroatoms. The Morgan fingerprint density at radius 1 is 0.450 bits per heavy atom. The van der Waals surface area contributed by atoms with Crippen LogP contribution in [0.1, 0.15) is 0 Å². The molecule has 0 aliphatic heterocycles. The van der Waals surface area contributed by atoms with Gasteiger partial charge >= 0.3 is 0 Å². The smallest absolute Gasteiger partial charge is 0.0184 e. The first kappa shape index (κ1) is 17.4. The van der Waals surface area contributed by atoms with Crippen LogP contribution in [-0.2, 0) is 0 Å². The van der Waals surface area contributed by atoms with E-state index in [2.05, 4.69) is 19.2 Å². The second kappa shape index (κ2) is 16.4. The van der Waals surface area contributed by atoms with Crippen molar-refractivity contribution in [3.8, 4) is 0 Å². The van der Waals surface area contributed by atoms with Crippen LogP contribution in [-0.4, -0.2) is 0 Å². The van der Waals surface area contributed by atoms with Crippen molar-refractivity contribution in [1.82, 2.24) is 0 Å². The molecule has 0 aliphatic rings. The van der Waals surface area contributed by atoms with Gasteiger partial charge in [-0.2, -0.15) is 0 Å². The molecule has 0 fully saturated rings. The highest BCUT2D eigenvalue weighted by molar-refractivity contribution is 5.21. The maximum absolute atomic E-state index is 3.59. The highest BCUT2D eigenvalue weighted by Gasteiger charge is 1.64. The summed E-state index contributed by atoms with van der Waals surface area (Å²) >= 11 is 0. The van der Waals surface area contributed by atoms with Gasteiger partial charge in [0.25, 0.3) is 0 Å². The van der Waals surface area contributed by atoms with Crippen LogP contribution in [0.5, 0.6) is 0 Å². The lowest BCUT2D eigenvalue weighted by atomic mass is 10.3. The average molecular weight is 261 g/mol. The molecule has 0 heterocycles. The third-order valence-corrected chi connectivity index (χ3v) is 1.88. The number of rotatable bonds is 9. The molecule has 0 atom stereocenters. The van der Waals surface area contributed by atoms with E-state index in [1.165, 1.54) is 0 Å². The Labute approximate surface area is 123 Å². The molecule has 1 radical (unpaired) electrons. The van der Waals surface area contributed by atoms with E-state index in [0.29, 0.717) is 0 Å². The molecular formula is C20H21. The van der Waals surface area contributed by atoms with Crippen molar-refractivity contribution in [2.75, 3.05) is 0 Å². The van der Waals surface area contributed by atoms with Gasteiger partial charge in [0.15, 0.2) is 0 Å². The van der Waals surface area contributed by atoms with E-state index < -0.39 is 0 Å². The first-order chi connectivity index (χ1) is 9.91. The zero-order valence-electron chi connectivity index (χ0n) is 11.7. The molecule has 0 saturated carbocycles. The van der Waals surface area contributed by atoms with Crippen molar-refractivity contribution in [2.24, 2.45) is 0 Å². The fraction of sp³-hybridized carbons (Fsp3) is 0. The van der Waals surface area contributed by atoms with Crippen molar-refractivity contribution in [3.05, 3.63) is 123 Å². The lowest BCUT2D eigenvalue weighted by molar-refractivity contribution is 1.80. The summed E-state index contributed by atoms with van der Waals surface area (Å²) in [6.45, 7) is 7.15. The summed E-state index contributed by atoms with van der Waals surface area (Å²) in [6, 6.07) is 0. The highest BCUT2D eigenvalue weighted by atomic mass is 13.7. The predicted molar refractivity (Wildman–Crippen MR) is 92.2 cm³/mol. The van der Waals surface area contributed by atoms with Crippen LogP contribution in [0.15, 0.2) is 116 Å². The molecule has 0 spiro atoms. The van der Waals surface area contributed by atoms with Gasteiger partial charge in [0, 0.05) is 0 Å². The van der Waals surface area contributed by atoms with E-state index in [9.17, 15) is 0 Å². The Morgan fingerprint density at radius 3 is 1.25 bits per heavy atom. The minimum Gasteiger partial charge on any atom is -0.0991 e.